The molecule has 0 radical (unpaired) electrons. The number of nitrogens with zero attached hydrogens (tertiary/aromatic N) is 1. The Labute approximate surface area is 181 Å². The van der Waals surface area contributed by atoms with Crippen molar-refractivity contribution in [1.82, 2.24) is 4.90 Å². The summed E-state index contributed by atoms with van der Waals surface area (Å²) in [5, 5.41) is 0. The Bertz CT molecular complexity index is 766. The number of ether oxygens (including phenoxy) is 2. The maximum atomic E-state index is 13.0. The fourth-order valence-corrected chi connectivity index (χ4v) is 3.92. The van der Waals surface area contributed by atoms with E-state index in [2.05, 4.69) is 44.7 Å². The third-order valence-corrected chi connectivity index (χ3v) is 5.75. The lowest BCUT2D eigenvalue weighted by molar-refractivity contribution is 0.0907. The number of rotatable bonds is 11. The first-order valence-corrected chi connectivity index (χ1v) is 11.0. The van der Waals surface area contributed by atoms with Gasteiger partial charge in [-0.15, -0.1) is 0 Å². The number of carbonyl (C=O) groups excluding carboxylic acids is 1. The standard InChI is InChI=1S/C25H38N2O3/c1-6-27-15-8-11-21(27)24(26)25(28)20-12-13-22(23(17-20)29-5)30-16-14-19(4)10-7-9-18(2)3/h9,12-14,17,21,24H,6-8,10-11,15-16,26H2,1-5H3/b19-14+. The predicted molar refractivity (Wildman–Crippen MR) is 123 cm³/mol. The summed E-state index contributed by atoms with van der Waals surface area (Å²) in [6.45, 7) is 10.9. The van der Waals surface area contributed by atoms with E-state index < -0.39 is 6.04 Å². The lowest BCUT2D eigenvalue weighted by Crippen LogP contribution is -2.48. The maximum absolute atomic E-state index is 13.0. The van der Waals surface area contributed by atoms with E-state index in [4.69, 9.17) is 15.2 Å². The summed E-state index contributed by atoms with van der Waals surface area (Å²) in [4.78, 5) is 15.3. The molecule has 166 valence electrons. The number of Topliss-reactive ketones (excluding diaryl/α,β-unsaturated/α-hetero) is 1. The van der Waals surface area contributed by atoms with Crippen LogP contribution in [-0.4, -0.2) is 49.6 Å². The second-order valence-electron chi connectivity index (χ2n) is 8.28. The number of likely N-dealkylation sites (N-methyl/N-ethyl adjacent to an activating group) is 1. The van der Waals surface area contributed by atoms with Crippen LogP contribution in [0.2, 0.25) is 0 Å². The molecule has 1 fully saturated rings. The fourth-order valence-electron chi connectivity index (χ4n) is 3.92. The quantitative estimate of drug-likeness (QED) is 0.418. The van der Waals surface area contributed by atoms with Gasteiger partial charge in [-0.1, -0.05) is 24.1 Å². The van der Waals surface area contributed by atoms with Gasteiger partial charge in [-0.2, -0.15) is 0 Å². The Balaban J connectivity index is 2.00. The fraction of sp³-hybridized carbons (Fsp3) is 0.560. The van der Waals surface area contributed by atoms with Gasteiger partial charge in [-0.3, -0.25) is 9.69 Å². The largest absolute Gasteiger partial charge is 0.493 e. The predicted octanol–water partition coefficient (Wildman–Crippen LogP) is 4.76. The average Bonchev–Trinajstić information content (AvgIpc) is 3.21. The van der Waals surface area contributed by atoms with Crippen molar-refractivity contribution < 1.29 is 14.3 Å². The highest BCUT2D eigenvalue weighted by atomic mass is 16.5. The van der Waals surface area contributed by atoms with Gasteiger partial charge in [0.2, 0.25) is 0 Å². The zero-order chi connectivity index (χ0) is 22.1. The first-order valence-electron chi connectivity index (χ1n) is 11.0. The number of hydrogen-bond donors (Lipinski definition) is 1. The van der Waals surface area contributed by atoms with Crippen LogP contribution in [0.4, 0.5) is 0 Å². The number of likely N-dealkylation sites (tertiary alicyclic amines) is 1. The van der Waals surface area contributed by atoms with Crippen molar-refractivity contribution in [3.05, 3.63) is 47.1 Å². The minimum absolute atomic E-state index is 0.0415. The van der Waals surface area contributed by atoms with Crippen molar-refractivity contribution in [3.8, 4) is 11.5 Å². The highest BCUT2D eigenvalue weighted by molar-refractivity contribution is 6.01. The van der Waals surface area contributed by atoms with Gasteiger partial charge >= 0.3 is 0 Å². The minimum Gasteiger partial charge on any atom is -0.493 e. The van der Waals surface area contributed by atoms with Crippen molar-refractivity contribution in [2.75, 3.05) is 26.8 Å². The van der Waals surface area contributed by atoms with Crippen LogP contribution in [0, 0.1) is 0 Å². The van der Waals surface area contributed by atoms with Gasteiger partial charge in [-0.25, -0.2) is 0 Å². The molecule has 0 spiro atoms. The third kappa shape index (κ3) is 6.71. The molecule has 0 aromatic heterocycles. The van der Waals surface area contributed by atoms with E-state index in [1.54, 1.807) is 25.3 Å². The van der Waals surface area contributed by atoms with E-state index in [-0.39, 0.29) is 11.8 Å². The number of methoxy groups -OCH3 is 1. The van der Waals surface area contributed by atoms with E-state index in [9.17, 15) is 4.79 Å². The van der Waals surface area contributed by atoms with Crippen LogP contribution in [0.5, 0.6) is 11.5 Å². The van der Waals surface area contributed by atoms with Gasteiger partial charge in [0.1, 0.15) is 6.61 Å². The molecular formula is C25H38N2O3. The monoisotopic (exact) mass is 414 g/mol. The van der Waals surface area contributed by atoms with Crippen molar-refractivity contribution in [1.29, 1.82) is 0 Å². The second kappa shape index (κ2) is 11.9. The normalized spacial score (nSPS) is 18.2. The number of carbonyl (C=O) groups is 1. The zero-order valence-electron chi connectivity index (χ0n) is 19.2. The van der Waals surface area contributed by atoms with Crippen molar-refractivity contribution in [2.45, 2.75) is 65.5 Å². The zero-order valence-corrected chi connectivity index (χ0v) is 19.2. The molecule has 5 heteroatoms. The summed E-state index contributed by atoms with van der Waals surface area (Å²) in [5.74, 6) is 1.15. The molecule has 30 heavy (non-hydrogen) atoms. The summed E-state index contributed by atoms with van der Waals surface area (Å²) in [6.07, 6.45) is 8.46. The molecule has 1 aromatic carbocycles. The Morgan fingerprint density at radius 3 is 2.70 bits per heavy atom. The van der Waals surface area contributed by atoms with Crippen LogP contribution in [0.3, 0.4) is 0 Å². The molecule has 2 unspecified atom stereocenters. The van der Waals surface area contributed by atoms with E-state index in [1.807, 2.05) is 0 Å². The van der Waals surface area contributed by atoms with Crippen LogP contribution in [0.25, 0.3) is 0 Å². The lowest BCUT2D eigenvalue weighted by atomic mass is 9.96. The minimum atomic E-state index is -0.518. The topological polar surface area (TPSA) is 64.8 Å². The first kappa shape index (κ1) is 24.2. The van der Waals surface area contributed by atoms with Crippen LogP contribution in [0.15, 0.2) is 41.5 Å². The molecule has 2 N–H and O–H groups in total. The third-order valence-electron chi connectivity index (χ3n) is 5.75. The summed E-state index contributed by atoms with van der Waals surface area (Å²) < 4.78 is 11.4. The molecule has 5 nitrogen and oxygen atoms in total. The number of hydrogen-bond acceptors (Lipinski definition) is 5. The molecule has 0 saturated carbocycles. The van der Waals surface area contributed by atoms with Gasteiger partial charge in [0.15, 0.2) is 17.3 Å². The number of nitrogens with two attached hydrogens (primary N) is 1. The highest BCUT2D eigenvalue weighted by Crippen LogP contribution is 2.29. The lowest BCUT2D eigenvalue weighted by Gasteiger charge is -2.27. The van der Waals surface area contributed by atoms with Gasteiger partial charge in [0.05, 0.1) is 13.2 Å². The molecule has 2 rings (SSSR count). The SMILES string of the molecule is CCN1CCCC1C(N)C(=O)c1ccc(OC/C=C(\C)CCC=C(C)C)c(OC)c1. The maximum Gasteiger partial charge on any atom is 0.181 e. The van der Waals surface area contributed by atoms with Crippen molar-refractivity contribution >= 4 is 5.78 Å². The summed E-state index contributed by atoms with van der Waals surface area (Å²) >= 11 is 0. The van der Waals surface area contributed by atoms with Crippen molar-refractivity contribution in [2.24, 2.45) is 5.73 Å². The molecule has 1 heterocycles. The molecule has 0 amide bonds. The highest BCUT2D eigenvalue weighted by Gasteiger charge is 2.33. The molecule has 1 aliphatic heterocycles. The molecule has 1 saturated heterocycles. The smallest absolute Gasteiger partial charge is 0.181 e. The molecule has 0 aliphatic carbocycles. The summed E-state index contributed by atoms with van der Waals surface area (Å²) in [5.41, 5.74) is 9.55. The molecule has 0 bridgehead atoms. The van der Waals surface area contributed by atoms with Gasteiger partial charge in [0, 0.05) is 11.6 Å². The number of ketones is 1. The Morgan fingerprint density at radius 1 is 1.27 bits per heavy atom. The molecule has 1 aliphatic rings. The first-order chi connectivity index (χ1) is 14.4. The molecule has 1 aromatic rings. The van der Waals surface area contributed by atoms with Crippen LogP contribution in [-0.2, 0) is 0 Å². The van der Waals surface area contributed by atoms with Gasteiger partial charge in [0.25, 0.3) is 0 Å². The Hall–Kier alpha value is -2.11. The second-order valence-corrected chi connectivity index (χ2v) is 8.28. The Morgan fingerprint density at radius 2 is 2.03 bits per heavy atom. The van der Waals surface area contributed by atoms with E-state index in [0.717, 1.165) is 38.8 Å². The molecular weight excluding hydrogens is 376 g/mol. The van der Waals surface area contributed by atoms with Crippen LogP contribution < -0.4 is 15.2 Å². The summed E-state index contributed by atoms with van der Waals surface area (Å²) in [7, 11) is 1.59. The summed E-state index contributed by atoms with van der Waals surface area (Å²) in [6, 6.07) is 4.93. The van der Waals surface area contributed by atoms with Crippen molar-refractivity contribution in [3.63, 3.8) is 0 Å². The average molecular weight is 415 g/mol. The Kier molecular flexibility index (Phi) is 9.60. The van der Waals surface area contributed by atoms with E-state index in [0.29, 0.717) is 23.7 Å². The van der Waals surface area contributed by atoms with E-state index >= 15 is 0 Å². The van der Waals surface area contributed by atoms with Gasteiger partial charge < -0.3 is 15.2 Å². The van der Waals surface area contributed by atoms with Crippen LogP contribution in [0.1, 0.15) is 63.7 Å². The molecule has 2 atom stereocenters. The number of benzene rings is 1. The van der Waals surface area contributed by atoms with Crippen LogP contribution >= 0.6 is 0 Å². The number of allylic oxidation sites excluding steroid dienone is 3. The van der Waals surface area contributed by atoms with E-state index in [1.165, 1.54) is 11.1 Å². The van der Waals surface area contributed by atoms with Gasteiger partial charge in [-0.05, 0) is 83.8 Å².